The number of nitrogens with zero attached hydrogens (tertiary/aromatic N) is 4. The first-order chi connectivity index (χ1) is 16.5. The van der Waals surface area contributed by atoms with Crippen LogP contribution in [0.15, 0.2) is 35.4 Å². The molecule has 8 nitrogen and oxygen atoms in total. The Hall–Kier alpha value is -2.88. The molecule has 34 heavy (non-hydrogen) atoms. The maximum atomic E-state index is 14.8. The second-order valence-electron chi connectivity index (χ2n) is 9.67. The molecule has 1 fully saturated rings. The van der Waals surface area contributed by atoms with Crippen molar-refractivity contribution in [1.82, 2.24) is 24.8 Å². The molecule has 2 N–H and O–H groups in total. The number of aliphatic hydroxyl groups is 1. The first-order valence-electron chi connectivity index (χ1n) is 12.0. The molecular formula is C25H28FN5O3. The van der Waals surface area contributed by atoms with E-state index in [0.717, 1.165) is 63.0 Å². The third kappa shape index (κ3) is 3.77. The molecule has 0 bridgehead atoms. The van der Waals surface area contributed by atoms with Crippen LogP contribution in [-0.4, -0.2) is 56.8 Å². The topological polar surface area (TPSA) is 92.5 Å². The summed E-state index contributed by atoms with van der Waals surface area (Å²) in [5.41, 5.74) is 1.68. The van der Waals surface area contributed by atoms with E-state index in [1.54, 1.807) is 6.07 Å². The highest BCUT2D eigenvalue weighted by Gasteiger charge is 2.43. The molecule has 0 aliphatic carbocycles. The molecule has 0 amide bonds. The van der Waals surface area contributed by atoms with E-state index in [0.29, 0.717) is 23.6 Å². The third-order valence-electron chi connectivity index (χ3n) is 7.34. The van der Waals surface area contributed by atoms with Crippen molar-refractivity contribution in [2.24, 2.45) is 0 Å². The number of hydrogen-bond donors (Lipinski definition) is 2. The average Bonchev–Trinajstić information content (AvgIpc) is 3.17. The summed E-state index contributed by atoms with van der Waals surface area (Å²) < 4.78 is 21.9. The summed E-state index contributed by atoms with van der Waals surface area (Å²) in [4.78, 5) is 23.1. The fourth-order valence-corrected chi connectivity index (χ4v) is 5.62. The van der Waals surface area contributed by atoms with Gasteiger partial charge in [0.15, 0.2) is 0 Å². The summed E-state index contributed by atoms with van der Waals surface area (Å²) in [6.45, 7) is 3.37. The van der Waals surface area contributed by atoms with E-state index in [4.69, 9.17) is 4.74 Å². The van der Waals surface area contributed by atoms with Crippen LogP contribution in [0.2, 0.25) is 0 Å². The number of pyridine rings is 3. The molecule has 1 saturated heterocycles. The molecule has 0 saturated carbocycles. The number of aromatic nitrogens is 3. The second-order valence-corrected chi connectivity index (χ2v) is 9.67. The lowest BCUT2D eigenvalue weighted by Gasteiger charge is -2.37. The molecule has 3 aliphatic heterocycles. The Morgan fingerprint density at radius 2 is 2.09 bits per heavy atom. The standard InChI is InChI=1S/C25H28FN5O3/c26-19-12-29-20-3-4-22(32)31-15-25(33,23(19)24(20)31)14-30-7-5-17(6-8-30)27-11-18-10-16-2-1-9-34-21(16)13-28-18/h3-4,10,12-13,17,27,33H,1-2,5-9,11,14-15H2/t25-/m1/s1. The minimum Gasteiger partial charge on any atom is -0.492 e. The number of hydrogen-bond acceptors (Lipinski definition) is 7. The van der Waals surface area contributed by atoms with E-state index >= 15 is 0 Å². The van der Waals surface area contributed by atoms with Gasteiger partial charge in [0.2, 0.25) is 0 Å². The van der Waals surface area contributed by atoms with Crippen LogP contribution in [-0.2, 0) is 25.1 Å². The quantitative estimate of drug-likeness (QED) is 0.593. The van der Waals surface area contributed by atoms with E-state index < -0.39 is 11.4 Å². The maximum Gasteiger partial charge on any atom is 0.251 e. The van der Waals surface area contributed by atoms with Crippen LogP contribution in [0.3, 0.4) is 0 Å². The molecule has 3 aromatic rings. The van der Waals surface area contributed by atoms with Crippen LogP contribution < -0.4 is 15.6 Å². The van der Waals surface area contributed by atoms with Gasteiger partial charge in [0.05, 0.1) is 47.8 Å². The van der Waals surface area contributed by atoms with Crippen LogP contribution in [0.4, 0.5) is 4.39 Å². The average molecular weight is 466 g/mol. The number of piperidine rings is 1. The smallest absolute Gasteiger partial charge is 0.251 e. The van der Waals surface area contributed by atoms with Gasteiger partial charge in [0, 0.05) is 25.2 Å². The number of halogens is 1. The molecule has 0 unspecified atom stereocenters. The largest absolute Gasteiger partial charge is 0.492 e. The zero-order valence-corrected chi connectivity index (χ0v) is 19.0. The van der Waals surface area contributed by atoms with Crippen molar-refractivity contribution < 1.29 is 14.2 Å². The highest BCUT2D eigenvalue weighted by molar-refractivity contribution is 5.81. The Kier molecular flexibility index (Phi) is 5.35. The van der Waals surface area contributed by atoms with Crippen LogP contribution in [0.1, 0.15) is 36.1 Å². The maximum absolute atomic E-state index is 14.8. The zero-order chi connectivity index (χ0) is 23.3. The van der Waals surface area contributed by atoms with Gasteiger partial charge in [0.1, 0.15) is 17.2 Å². The summed E-state index contributed by atoms with van der Waals surface area (Å²) in [7, 11) is 0. The molecule has 178 valence electrons. The van der Waals surface area contributed by atoms with Gasteiger partial charge in [-0.15, -0.1) is 0 Å². The lowest BCUT2D eigenvalue weighted by atomic mass is 9.93. The zero-order valence-electron chi connectivity index (χ0n) is 19.0. The highest BCUT2D eigenvalue weighted by Crippen LogP contribution is 2.38. The van der Waals surface area contributed by atoms with Gasteiger partial charge in [-0.05, 0) is 56.5 Å². The number of likely N-dealkylation sites (tertiary alicyclic amines) is 1. The van der Waals surface area contributed by atoms with E-state index in [2.05, 4.69) is 26.3 Å². The summed E-state index contributed by atoms with van der Waals surface area (Å²) in [6.07, 6.45) is 6.89. The van der Waals surface area contributed by atoms with Crippen molar-refractivity contribution >= 4 is 11.0 Å². The van der Waals surface area contributed by atoms with Gasteiger partial charge in [-0.2, -0.15) is 0 Å². The Morgan fingerprint density at radius 1 is 1.24 bits per heavy atom. The molecular weight excluding hydrogens is 437 g/mol. The highest BCUT2D eigenvalue weighted by atomic mass is 19.1. The number of aryl methyl sites for hydroxylation is 1. The summed E-state index contributed by atoms with van der Waals surface area (Å²) >= 11 is 0. The minimum atomic E-state index is -1.45. The molecule has 6 rings (SSSR count). The Bertz CT molecular complexity index is 1300. The molecule has 0 spiro atoms. The predicted octanol–water partition coefficient (Wildman–Crippen LogP) is 1.71. The monoisotopic (exact) mass is 465 g/mol. The minimum absolute atomic E-state index is 0.0486. The second kappa shape index (κ2) is 8.41. The predicted molar refractivity (Wildman–Crippen MR) is 124 cm³/mol. The molecule has 3 aliphatic rings. The summed E-state index contributed by atoms with van der Waals surface area (Å²) in [5, 5.41) is 15.1. The van der Waals surface area contributed by atoms with Gasteiger partial charge in [0.25, 0.3) is 5.56 Å². The molecule has 3 aromatic heterocycles. The number of rotatable bonds is 5. The number of ether oxygens (including phenoxy) is 1. The Balaban J connectivity index is 1.09. The first kappa shape index (κ1) is 21.6. The molecule has 6 heterocycles. The van der Waals surface area contributed by atoms with Crippen molar-refractivity contribution in [3.8, 4) is 5.75 Å². The fraction of sp³-hybridized carbons (Fsp3) is 0.480. The van der Waals surface area contributed by atoms with Crippen molar-refractivity contribution in [3.63, 3.8) is 0 Å². The molecule has 1 atom stereocenters. The van der Waals surface area contributed by atoms with Gasteiger partial charge in [-0.1, -0.05) is 0 Å². The third-order valence-corrected chi connectivity index (χ3v) is 7.34. The number of fused-ring (bicyclic) bond motifs is 1. The van der Waals surface area contributed by atoms with E-state index in [1.165, 1.54) is 16.2 Å². The van der Waals surface area contributed by atoms with Crippen molar-refractivity contribution in [2.45, 2.75) is 50.4 Å². The fourth-order valence-electron chi connectivity index (χ4n) is 5.62. The van der Waals surface area contributed by atoms with Crippen molar-refractivity contribution in [3.05, 3.63) is 63.6 Å². The Labute approximate surface area is 196 Å². The van der Waals surface area contributed by atoms with Crippen molar-refractivity contribution in [2.75, 3.05) is 26.2 Å². The van der Waals surface area contributed by atoms with E-state index in [-0.39, 0.29) is 24.2 Å². The molecule has 9 heteroatoms. The lowest BCUT2D eigenvalue weighted by molar-refractivity contribution is -0.0159. The lowest BCUT2D eigenvalue weighted by Crippen LogP contribution is -2.48. The van der Waals surface area contributed by atoms with Crippen LogP contribution >= 0.6 is 0 Å². The van der Waals surface area contributed by atoms with E-state index in [1.807, 2.05) is 6.20 Å². The van der Waals surface area contributed by atoms with Gasteiger partial charge < -0.3 is 19.7 Å². The molecule has 0 radical (unpaired) electrons. The summed E-state index contributed by atoms with van der Waals surface area (Å²) in [6, 6.07) is 5.50. The van der Waals surface area contributed by atoms with E-state index in [9.17, 15) is 14.3 Å². The van der Waals surface area contributed by atoms with Gasteiger partial charge >= 0.3 is 0 Å². The number of nitrogens with one attached hydrogen (secondary N) is 1. The van der Waals surface area contributed by atoms with Gasteiger partial charge in [-0.3, -0.25) is 19.7 Å². The van der Waals surface area contributed by atoms with Crippen LogP contribution in [0, 0.1) is 5.82 Å². The SMILES string of the molecule is O=c1ccc2ncc(F)c3c2n1C[C@]3(O)CN1CCC(NCc2cc3c(cn2)OCCC3)CC1. The van der Waals surface area contributed by atoms with Crippen LogP contribution in [0.25, 0.3) is 11.0 Å². The van der Waals surface area contributed by atoms with Gasteiger partial charge in [-0.25, -0.2) is 4.39 Å². The van der Waals surface area contributed by atoms with Crippen molar-refractivity contribution in [1.29, 1.82) is 0 Å². The number of β-amino-alcohol motifs (C(OH)–C–C–N with tert-alkyl or cyclic N) is 1. The first-order valence-corrected chi connectivity index (χ1v) is 12.0. The molecule has 0 aromatic carbocycles. The Morgan fingerprint density at radius 3 is 2.94 bits per heavy atom. The summed E-state index contributed by atoms with van der Waals surface area (Å²) in [5.74, 6) is 0.340. The normalized spacial score (nSPS) is 22.6. The van der Waals surface area contributed by atoms with Crippen LogP contribution in [0.5, 0.6) is 5.75 Å².